The van der Waals surface area contributed by atoms with Gasteiger partial charge in [-0.05, 0) is 62.4 Å². The highest BCUT2D eigenvalue weighted by Crippen LogP contribution is 2.29. The van der Waals surface area contributed by atoms with Gasteiger partial charge >= 0.3 is 0 Å². The van der Waals surface area contributed by atoms with E-state index in [0.717, 1.165) is 36.3 Å². The van der Waals surface area contributed by atoms with Gasteiger partial charge in [0.05, 0.1) is 26.9 Å². The van der Waals surface area contributed by atoms with Crippen LogP contribution < -0.4 is 11.1 Å². The number of pyridine rings is 1. The van der Waals surface area contributed by atoms with Crippen molar-refractivity contribution in [1.82, 2.24) is 14.6 Å². The average molecular weight is 641 g/mol. The van der Waals surface area contributed by atoms with Crippen molar-refractivity contribution in [3.8, 4) is 10.6 Å². The molecule has 1 saturated carbocycles. The molecule has 1 unspecified atom stereocenters. The summed E-state index contributed by atoms with van der Waals surface area (Å²) < 4.78 is 25.9. The van der Waals surface area contributed by atoms with Gasteiger partial charge in [0.1, 0.15) is 6.04 Å². The van der Waals surface area contributed by atoms with Crippen LogP contribution >= 0.6 is 11.3 Å². The zero-order chi connectivity index (χ0) is 32.1. The smallest absolute Gasteiger partial charge is 0.262 e. The second-order valence-corrected chi connectivity index (χ2v) is 14.5. The summed E-state index contributed by atoms with van der Waals surface area (Å²) in [5.74, 6) is -0.285. The zero-order valence-corrected chi connectivity index (χ0v) is 27.2. The molecule has 4 rings (SSSR count). The van der Waals surface area contributed by atoms with Crippen molar-refractivity contribution in [1.29, 1.82) is 0 Å². The van der Waals surface area contributed by atoms with Crippen LogP contribution in [-0.4, -0.2) is 54.4 Å². The first-order chi connectivity index (χ1) is 21.0. The van der Waals surface area contributed by atoms with E-state index in [9.17, 15) is 22.8 Å². The first kappa shape index (κ1) is 35.1. The number of allylic oxidation sites excluding steroid dienone is 5. The molecular formula is C33H44N4O5S2. The molecule has 2 aliphatic rings. The lowest BCUT2D eigenvalue weighted by Crippen LogP contribution is -2.45. The van der Waals surface area contributed by atoms with Crippen molar-refractivity contribution in [2.24, 2.45) is 17.6 Å². The van der Waals surface area contributed by atoms with E-state index in [1.54, 1.807) is 37.4 Å². The molecule has 2 amide bonds. The first-order valence-electron chi connectivity index (χ1n) is 15.1. The van der Waals surface area contributed by atoms with Crippen molar-refractivity contribution in [2.45, 2.75) is 71.3 Å². The predicted molar refractivity (Wildman–Crippen MR) is 176 cm³/mol. The minimum absolute atomic E-state index is 0.00416. The number of sulfonamides is 1. The summed E-state index contributed by atoms with van der Waals surface area (Å²) in [5.41, 5.74) is 6.35. The van der Waals surface area contributed by atoms with Gasteiger partial charge in [-0.2, -0.15) is 4.31 Å². The number of amides is 2. The fourth-order valence-electron chi connectivity index (χ4n) is 5.25. The van der Waals surface area contributed by atoms with Crippen LogP contribution in [-0.2, 0) is 19.6 Å². The van der Waals surface area contributed by atoms with Crippen molar-refractivity contribution >= 4 is 39.0 Å². The van der Waals surface area contributed by atoms with Gasteiger partial charge in [0.15, 0.2) is 5.78 Å². The highest BCUT2D eigenvalue weighted by atomic mass is 32.2. The lowest BCUT2D eigenvalue weighted by Gasteiger charge is -2.25. The van der Waals surface area contributed by atoms with E-state index >= 15 is 0 Å². The van der Waals surface area contributed by atoms with Crippen molar-refractivity contribution in [2.75, 3.05) is 13.1 Å². The maximum Gasteiger partial charge on any atom is 0.262 e. The Labute approximate surface area is 265 Å². The molecule has 11 heteroatoms. The normalized spacial score (nSPS) is 19.5. The van der Waals surface area contributed by atoms with Crippen molar-refractivity contribution < 1.29 is 22.8 Å². The Hall–Kier alpha value is -3.41. The molecule has 0 spiro atoms. The number of hydrogen-bond acceptors (Lipinski definition) is 7. The number of aromatic nitrogens is 1. The molecule has 44 heavy (non-hydrogen) atoms. The molecule has 2 aromatic rings. The van der Waals surface area contributed by atoms with Crippen LogP contribution in [0, 0.1) is 11.8 Å². The summed E-state index contributed by atoms with van der Waals surface area (Å²) >= 11 is 1.37. The molecule has 238 valence electrons. The number of primary amides is 1. The van der Waals surface area contributed by atoms with Crippen molar-refractivity contribution in [3.05, 3.63) is 77.2 Å². The minimum atomic E-state index is -3.53. The maximum absolute atomic E-state index is 12.5. The number of ketones is 1. The number of Topliss-reactive ketones (excluding diaryl/α,β-unsaturated/α-hetero) is 1. The maximum atomic E-state index is 12.5. The molecule has 2 fully saturated rings. The Morgan fingerprint density at radius 3 is 2.55 bits per heavy atom. The Morgan fingerprint density at radius 1 is 1.14 bits per heavy atom. The minimum Gasteiger partial charge on any atom is -0.368 e. The van der Waals surface area contributed by atoms with E-state index in [1.807, 2.05) is 31.2 Å². The quantitative estimate of drug-likeness (QED) is 0.323. The lowest BCUT2D eigenvalue weighted by atomic mass is 9.84. The third kappa shape index (κ3) is 10.3. The van der Waals surface area contributed by atoms with Crippen LogP contribution in [0.15, 0.2) is 72.3 Å². The van der Waals surface area contributed by atoms with E-state index in [0.29, 0.717) is 23.8 Å². The van der Waals surface area contributed by atoms with Gasteiger partial charge in [0.25, 0.3) is 5.91 Å². The fourth-order valence-corrected chi connectivity index (χ4v) is 7.46. The molecule has 1 aliphatic heterocycles. The summed E-state index contributed by atoms with van der Waals surface area (Å²) in [6.07, 6.45) is 16.1. The molecule has 0 bridgehead atoms. The number of hydrogen-bond donors (Lipinski definition) is 2. The summed E-state index contributed by atoms with van der Waals surface area (Å²) in [5, 5.41) is 2.82. The molecule has 1 aliphatic carbocycles. The highest BCUT2D eigenvalue weighted by Gasteiger charge is 2.30. The number of nitrogens with one attached hydrogen (secondary N) is 1. The average Bonchev–Trinajstić information content (AvgIpc) is 3.45. The van der Waals surface area contributed by atoms with Crippen LogP contribution in [0.4, 0.5) is 0 Å². The van der Waals surface area contributed by atoms with Crippen LogP contribution in [0.5, 0.6) is 0 Å². The predicted octanol–water partition coefficient (Wildman–Crippen LogP) is 5.63. The number of nitrogens with zero attached hydrogens (tertiary/aromatic N) is 2. The van der Waals surface area contributed by atoms with E-state index in [-0.39, 0.29) is 29.1 Å². The van der Waals surface area contributed by atoms with E-state index in [2.05, 4.69) is 16.9 Å². The molecule has 0 radical (unpaired) electrons. The van der Waals surface area contributed by atoms with Gasteiger partial charge in [-0.15, -0.1) is 11.3 Å². The number of carbonyl (C=O) groups excluding carboxylic acids is 3. The van der Waals surface area contributed by atoms with Crippen LogP contribution in [0.2, 0.25) is 0 Å². The number of thiophene rings is 1. The number of rotatable bonds is 10. The van der Waals surface area contributed by atoms with Gasteiger partial charge in [0.2, 0.25) is 15.9 Å². The summed E-state index contributed by atoms with van der Waals surface area (Å²) in [7, 11) is -3.53. The van der Waals surface area contributed by atoms with Gasteiger partial charge in [-0.3, -0.25) is 19.4 Å². The molecule has 3 heterocycles. The van der Waals surface area contributed by atoms with E-state index < -0.39 is 22.0 Å². The first-order valence-corrected chi connectivity index (χ1v) is 17.4. The van der Waals surface area contributed by atoms with E-state index in [4.69, 9.17) is 5.73 Å². The molecule has 9 nitrogen and oxygen atoms in total. The Balaban J connectivity index is 0.000000251. The largest absolute Gasteiger partial charge is 0.368 e. The number of carbonyl (C=O) groups is 3. The Morgan fingerprint density at radius 2 is 1.89 bits per heavy atom. The molecule has 3 N–H and O–H groups in total. The zero-order valence-electron chi connectivity index (χ0n) is 25.6. The number of nitrogens with two attached hydrogens (primary N) is 1. The monoisotopic (exact) mass is 640 g/mol. The second-order valence-electron chi connectivity index (χ2n) is 11.3. The van der Waals surface area contributed by atoms with Gasteiger partial charge in [-0.25, -0.2) is 8.42 Å². The van der Waals surface area contributed by atoms with Gasteiger partial charge < -0.3 is 11.1 Å². The van der Waals surface area contributed by atoms with Crippen molar-refractivity contribution in [3.63, 3.8) is 0 Å². The Bertz CT molecular complexity index is 1440. The van der Waals surface area contributed by atoms with Gasteiger partial charge in [0, 0.05) is 18.7 Å². The van der Waals surface area contributed by atoms with E-state index in [1.165, 1.54) is 41.0 Å². The van der Waals surface area contributed by atoms with Crippen LogP contribution in [0.25, 0.3) is 10.6 Å². The topological polar surface area (TPSA) is 140 Å². The third-order valence-corrected chi connectivity index (χ3v) is 11.0. The molecule has 0 aromatic carbocycles. The summed E-state index contributed by atoms with van der Waals surface area (Å²) in [6, 6.07) is 8.71. The second kappa shape index (κ2) is 17.2. The lowest BCUT2D eigenvalue weighted by molar-refractivity contribution is -0.122. The highest BCUT2D eigenvalue weighted by molar-refractivity contribution is 7.93. The Kier molecular flexibility index (Phi) is 13.7. The molecule has 1 saturated heterocycles. The SMILES string of the molecule is C=C/C=C\C=C(/C)S(=O)(=O)N1CCCC(C)C(=O)C1.NC(=O)[C@H](CC1CCCCC1)NC(=O)c1ccc(-c2ccccn2)s1. The van der Waals surface area contributed by atoms with Crippen LogP contribution in [0.1, 0.15) is 74.9 Å². The molecular weight excluding hydrogens is 597 g/mol. The van der Waals surface area contributed by atoms with Crippen LogP contribution in [0.3, 0.4) is 0 Å². The standard InChI is InChI=1S/C19H23N3O2S.C14H21NO3S/c20-18(23)15(12-13-6-2-1-3-7-13)22-19(24)17-10-9-16(25-17)14-8-4-5-11-21-14;1-4-5-6-9-13(3)19(17,18)15-10-7-8-12(2)14(16)11-15/h4-5,8-11,13,15H,1-3,6-7,12H2,(H2,20,23)(H,22,24);4-6,9,12H,1,7-8,10-11H2,2-3H3/b;6-5-,13-9+/t15-;/m0./s1. The third-order valence-electron chi connectivity index (χ3n) is 7.94. The fraction of sp³-hybridized carbons (Fsp3) is 0.455. The summed E-state index contributed by atoms with van der Waals surface area (Å²) in [4.78, 5) is 42.1. The summed E-state index contributed by atoms with van der Waals surface area (Å²) in [6.45, 7) is 7.32. The molecule has 2 atom stereocenters. The molecule has 2 aromatic heterocycles. The van der Waals surface area contributed by atoms with Gasteiger partial charge in [-0.1, -0.05) is 69.9 Å².